The fraction of sp³-hybridized carbons (Fsp3) is 0.444. The third-order valence-electron chi connectivity index (χ3n) is 4.56. The van der Waals surface area contributed by atoms with Gasteiger partial charge in [0.25, 0.3) is 5.91 Å². The summed E-state index contributed by atoms with van der Waals surface area (Å²) in [6, 6.07) is 5.42. The van der Waals surface area contributed by atoms with Gasteiger partial charge in [0, 0.05) is 24.5 Å². The molecule has 1 saturated heterocycles. The van der Waals surface area contributed by atoms with Gasteiger partial charge in [0.1, 0.15) is 17.1 Å². The highest BCUT2D eigenvalue weighted by Gasteiger charge is 2.26. The number of aryl methyl sites for hydroxylation is 1. The van der Waals surface area contributed by atoms with Crippen LogP contribution in [0.3, 0.4) is 0 Å². The molecule has 1 aliphatic heterocycles. The predicted molar refractivity (Wildman–Crippen MR) is 92.0 cm³/mol. The molecule has 0 saturated carbocycles. The molecule has 2 aromatic rings. The van der Waals surface area contributed by atoms with Crippen LogP contribution < -0.4 is 10.1 Å². The number of furan rings is 1. The van der Waals surface area contributed by atoms with Crippen molar-refractivity contribution in [3.8, 4) is 5.75 Å². The molecular weight excluding hydrogens is 324 g/mol. The van der Waals surface area contributed by atoms with Gasteiger partial charge < -0.3 is 24.1 Å². The summed E-state index contributed by atoms with van der Waals surface area (Å²) in [7, 11) is 2.96. The average Bonchev–Trinajstić information content (AvgIpc) is 2.96. The Morgan fingerprint density at radius 3 is 2.60 bits per heavy atom. The molecule has 0 unspecified atom stereocenters. The van der Waals surface area contributed by atoms with Crippen LogP contribution in [0.2, 0.25) is 0 Å². The molecule has 1 aromatic heterocycles. The van der Waals surface area contributed by atoms with Crippen LogP contribution in [0.5, 0.6) is 5.75 Å². The topological polar surface area (TPSA) is 81.0 Å². The maximum Gasteiger partial charge on any atom is 0.409 e. The maximum atomic E-state index is 12.8. The Hall–Kier alpha value is -2.70. The average molecular weight is 346 g/mol. The standard InChI is InChI=1S/C18H22N2O5/c1-11-16(14-10-13(23-2)4-5-15(14)25-11)17(21)19-12-6-8-20(9-7-12)18(22)24-3/h4-5,10,12H,6-9H2,1-3H3,(H,19,21). The number of ether oxygens (including phenoxy) is 2. The minimum absolute atomic E-state index is 0.0170. The van der Waals surface area contributed by atoms with Crippen LogP contribution >= 0.6 is 0 Å². The number of carbonyl (C=O) groups excluding carboxylic acids is 2. The summed E-state index contributed by atoms with van der Waals surface area (Å²) in [4.78, 5) is 25.9. The van der Waals surface area contributed by atoms with Gasteiger partial charge in [-0.1, -0.05) is 0 Å². The SMILES string of the molecule is COC(=O)N1CCC(NC(=O)c2c(C)oc3ccc(OC)cc23)CC1. The zero-order valence-electron chi connectivity index (χ0n) is 14.6. The van der Waals surface area contributed by atoms with Gasteiger partial charge in [-0.05, 0) is 38.0 Å². The quantitative estimate of drug-likeness (QED) is 0.924. The second-order valence-corrected chi connectivity index (χ2v) is 6.10. The van der Waals surface area contributed by atoms with E-state index in [9.17, 15) is 9.59 Å². The summed E-state index contributed by atoms with van der Waals surface area (Å²) in [6.45, 7) is 2.91. The number of carbonyl (C=O) groups is 2. The Bertz CT molecular complexity index is 790. The number of rotatable bonds is 3. The van der Waals surface area contributed by atoms with Crippen molar-refractivity contribution in [2.24, 2.45) is 0 Å². The second kappa shape index (κ2) is 7.04. The van der Waals surface area contributed by atoms with E-state index in [1.54, 1.807) is 37.1 Å². The van der Waals surface area contributed by atoms with Gasteiger partial charge in [-0.3, -0.25) is 4.79 Å². The van der Waals surface area contributed by atoms with Gasteiger partial charge in [0.05, 0.1) is 19.8 Å². The van der Waals surface area contributed by atoms with Crippen LogP contribution in [0.1, 0.15) is 29.0 Å². The second-order valence-electron chi connectivity index (χ2n) is 6.10. The molecule has 2 heterocycles. The van der Waals surface area contributed by atoms with E-state index in [4.69, 9.17) is 13.9 Å². The number of fused-ring (bicyclic) bond motifs is 1. The lowest BCUT2D eigenvalue weighted by molar-refractivity contribution is 0.0892. The molecule has 1 fully saturated rings. The Morgan fingerprint density at radius 1 is 1.24 bits per heavy atom. The number of methoxy groups -OCH3 is 2. The minimum atomic E-state index is -0.325. The van der Waals surface area contributed by atoms with Crippen molar-refractivity contribution in [3.05, 3.63) is 29.5 Å². The maximum absolute atomic E-state index is 12.8. The van der Waals surface area contributed by atoms with Crippen LogP contribution in [0, 0.1) is 6.92 Å². The largest absolute Gasteiger partial charge is 0.497 e. The number of piperidine rings is 1. The number of nitrogens with zero attached hydrogens (tertiary/aromatic N) is 1. The number of benzene rings is 1. The van der Waals surface area contributed by atoms with E-state index in [1.807, 2.05) is 0 Å². The van der Waals surface area contributed by atoms with E-state index in [0.717, 1.165) is 5.39 Å². The number of nitrogens with one attached hydrogen (secondary N) is 1. The van der Waals surface area contributed by atoms with Gasteiger partial charge in [-0.2, -0.15) is 0 Å². The van der Waals surface area contributed by atoms with Crippen molar-refractivity contribution in [1.82, 2.24) is 10.2 Å². The molecule has 0 bridgehead atoms. The van der Waals surface area contributed by atoms with Crippen molar-refractivity contribution in [3.63, 3.8) is 0 Å². The van der Waals surface area contributed by atoms with Gasteiger partial charge in [0.2, 0.25) is 0 Å². The summed E-state index contributed by atoms with van der Waals surface area (Å²) in [5, 5.41) is 3.79. The first-order chi connectivity index (χ1) is 12.0. The number of hydrogen-bond acceptors (Lipinski definition) is 5. The summed E-state index contributed by atoms with van der Waals surface area (Å²) in [5.41, 5.74) is 1.19. The first-order valence-electron chi connectivity index (χ1n) is 8.24. The lowest BCUT2D eigenvalue weighted by Crippen LogP contribution is -2.46. The number of likely N-dealkylation sites (tertiary alicyclic amines) is 1. The van der Waals surface area contributed by atoms with Crippen LogP contribution in [-0.2, 0) is 4.74 Å². The molecule has 0 radical (unpaired) electrons. The van der Waals surface area contributed by atoms with Crippen LogP contribution in [0.4, 0.5) is 4.79 Å². The fourth-order valence-corrected chi connectivity index (χ4v) is 3.20. The first kappa shape index (κ1) is 17.1. The third-order valence-corrected chi connectivity index (χ3v) is 4.56. The van der Waals surface area contributed by atoms with E-state index in [0.29, 0.717) is 48.6 Å². The fourth-order valence-electron chi connectivity index (χ4n) is 3.20. The monoisotopic (exact) mass is 346 g/mol. The number of amides is 2. The highest BCUT2D eigenvalue weighted by atomic mass is 16.5. The Balaban J connectivity index is 1.73. The van der Waals surface area contributed by atoms with Crippen molar-refractivity contribution in [2.75, 3.05) is 27.3 Å². The molecule has 7 heteroatoms. The Labute approximate surface area is 145 Å². The van der Waals surface area contributed by atoms with E-state index >= 15 is 0 Å². The number of hydrogen-bond donors (Lipinski definition) is 1. The molecular formula is C18H22N2O5. The lowest BCUT2D eigenvalue weighted by Gasteiger charge is -2.31. The molecule has 3 rings (SSSR count). The zero-order chi connectivity index (χ0) is 18.0. The molecule has 7 nitrogen and oxygen atoms in total. The molecule has 1 aromatic carbocycles. The van der Waals surface area contributed by atoms with E-state index in [2.05, 4.69) is 5.32 Å². The van der Waals surface area contributed by atoms with Gasteiger partial charge in [-0.15, -0.1) is 0 Å². The molecule has 0 aliphatic carbocycles. The molecule has 25 heavy (non-hydrogen) atoms. The minimum Gasteiger partial charge on any atom is -0.497 e. The summed E-state index contributed by atoms with van der Waals surface area (Å²) < 4.78 is 15.7. The third kappa shape index (κ3) is 3.40. The molecule has 134 valence electrons. The van der Waals surface area contributed by atoms with Gasteiger partial charge in [-0.25, -0.2) is 4.79 Å². The van der Waals surface area contributed by atoms with Crippen LogP contribution in [-0.4, -0.2) is 50.3 Å². The highest BCUT2D eigenvalue weighted by molar-refractivity contribution is 6.07. The van der Waals surface area contributed by atoms with Crippen molar-refractivity contribution in [1.29, 1.82) is 0 Å². The lowest BCUT2D eigenvalue weighted by atomic mass is 10.0. The zero-order valence-corrected chi connectivity index (χ0v) is 14.6. The van der Waals surface area contributed by atoms with Crippen LogP contribution in [0.25, 0.3) is 11.0 Å². The van der Waals surface area contributed by atoms with Gasteiger partial charge in [0.15, 0.2) is 0 Å². The predicted octanol–water partition coefficient (Wildman–Crippen LogP) is 2.71. The van der Waals surface area contributed by atoms with Gasteiger partial charge >= 0.3 is 6.09 Å². The Kier molecular flexibility index (Phi) is 4.83. The van der Waals surface area contributed by atoms with Crippen molar-refractivity contribution >= 4 is 23.0 Å². The summed E-state index contributed by atoms with van der Waals surface area (Å²) in [6.07, 6.45) is 1.06. The molecule has 0 spiro atoms. The van der Waals surface area contributed by atoms with E-state index in [1.165, 1.54) is 7.11 Å². The molecule has 0 atom stereocenters. The van der Waals surface area contributed by atoms with E-state index in [-0.39, 0.29) is 18.0 Å². The van der Waals surface area contributed by atoms with Crippen molar-refractivity contribution < 1.29 is 23.5 Å². The van der Waals surface area contributed by atoms with Crippen LogP contribution in [0.15, 0.2) is 22.6 Å². The van der Waals surface area contributed by atoms with Crippen molar-refractivity contribution in [2.45, 2.75) is 25.8 Å². The smallest absolute Gasteiger partial charge is 0.409 e. The first-order valence-corrected chi connectivity index (χ1v) is 8.24. The molecule has 2 amide bonds. The molecule has 1 N–H and O–H groups in total. The normalized spacial score (nSPS) is 15.2. The highest BCUT2D eigenvalue weighted by Crippen LogP contribution is 2.29. The summed E-state index contributed by atoms with van der Waals surface area (Å²) >= 11 is 0. The summed E-state index contributed by atoms with van der Waals surface area (Å²) in [5.74, 6) is 1.09. The molecule has 1 aliphatic rings. The Morgan fingerprint density at radius 2 is 1.96 bits per heavy atom. The van der Waals surface area contributed by atoms with E-state index < -0.39 is 0 Å².